The smallest absolute Gasteiger partial charge is 0.193 e. The molecule has 39 heavy (non-hydrogen) atoms. The van der Waals surface area contributed by atoms with Gasteiger partial charge in [0.2, 0.25) is 0 Å². The van der Waals surface area contributed by atoms with Gasteiger partial charge in [-0.1, -0.05) is 83.1 Å². The van der Waals surface area contributed by atoms with Crippen molar-refractivity contribution in [1.29, 1.82) is 0 Å². The van der Waals surface area contributed by atoms with Crippen LogP contribution >= 0.6 is 0 Å². The van der Waals surface area contributed by atoms with Crippen LogP contribution in [0.3, 0.4) is 0 Å². The molecule has 0 atom stereocenters. The summed E-state index contributed by atoms with van der Waals surface area (Å²) in [5.41, 5.74) is 4.80. The van der Waals surface area contributed by atoms with Gasteiger partial charge in [-0.3, -0.25) is 4.79 Å². The highest BCUT2D eigenvalue weighted by molar-refractivity contribution is 6.13. The van der Waals surface area contributed by atoms with Gasteiger partial charge < -0.3 is 18.9 Å². The van der Waals surface area contributed by atoms with Crippen LogP contribution < -0.4 is 9.47 Å². The number of benzene rings is 1. The predicted molar refractivity (Wildman–Crippen MR) is 162 cm³/mol. The van der Waals surface area contributed by atoms with Crippen molar-refractivity contribution in [2.24, 2.45) is 10.8 Å². The SMILES string of the molecule is COC1=C(C(C)(C)C)C(=O)C(C(C)(C)C)=C(OC)C1=Cc1c(OC)c(C(C)(C)C)c(C)c(C(C)(C)C)c1OC. The third kappa shape index (κ3) is 5.93. The molecule has 0 radical (unpaired) electrons. The number of carbonyl (C=O) groups excluding carboxylic acids is 1. The molecular weight excluding hydrogens is 488 g/mol. The average molecular weight is 541 g/mol. The first-order valence-corrected chi connectivity index (χ1v) is 13.7. The van der Waals surface area contributed by atoms with Crippen LogP contribution in [0.5, 0.6) is 11.5 Å². The molecule has 0 saturated carbocycles. The lowest BCUT2D eigenvalue weighted by Crippen LogP contribution is -2.33. The molecule has 0 heterocycles. The van der Waals surface area contributed by atoms with Gasteiger partial charge in [0.15, 0.2) is 5.78 Å². The van der Waals surface area contributed by atoms with Crippen LogP contribution in [0.4, 0.5) is 0 Å². The highest BCUT2D eigenvalue weighted by Crippen LogP contribution is 2.51. The fourth-order valence-corrected chi connectivity index (χ4v) is 5.96. The summed E-state index contributed by atoms with van der Waals surface area (Å²) in [5, 5.41) is 0. The molecule has 0 aliphatic heterocycles. The van der Waals surface area contributed by atoms with Crippen LogP contribution in [0.25, 0.3) is 6.08 Å². The van der Waals surface area contributed by atoms with Crippen LogP contribution in [-0.2, 0) is 25.1 Å². The Labute approximate surface area is 237 Å². The third-order valence-electron chi connectivity index (χ3n) is 7.20. The van der Waals surface area contributed by atoms with E-state index in [0.717, 1.165) is 33.8 Å². The van der Waals surface area contributed by atoms with Crippen molar-refractivity contribution >= 4 is 11.9 Å². The van der Waals surface area contributed by atoms with Crippen LogP contribution in [0.15, 0.2) is 28.2 Å². The van der Waals surface area contributed by atoms with Crippen LogP contribution in [0, 0.1) is 17.8 Å². The largest absolute Gasteiger partial charge is 0.496 e. The Bertz CT molecular complexity index is 1140. The third-order valence-corrected chi connectivity index (χ3v) is 7.20. The van der Waals surface area contributed by atoms with Gasteiger partial charge in [-0.15, -0.1) is 0 Å². The average Bonchev–Trinajstić information content (AvgIpc) is 2.75. The molecular formula is C34H52O5. The summed E-state index contributed by atoms with van der Waals surface area (Å²) >= 11 is 0. The summed E-state index contributed by atoms with van der Waals surface area (Å²) in [6.07, 6.45) is 2.03. The lowest BCUT2D eigenvalue weighted by Gasteiger charge is -2.36. The van der Waals surface area contributed by atoms with E-state index in [0.29, 0.717) is 28.2 Å². The van der Waals surface area contributed by atoms with Crippen molar-refractivity contribution in [3.8, 4) is 11.5 Å². The molecule has 0 saturated heterocycles. The topological polar surface area (TPSA) is 54.0 Å². The number of ether oxygens (including phenoxy) is 4. The predicted octanol–water partition coefficient (Wildman–Crippen LogP) is 8.47. The fourth-order valence-electron chi connectivity index (χ4n) is 5.96. The Morgan fingerprint density at radius 1 is 0.538 bits per heavy atom. The maximum Gasteiger partial charge on any atom is 0.193 e. The van der Waals surface area contributed by atoms with Gasteiger partial charge >= 0.3 is 0 Å². The van der Waals surface area contributed by atoms with Crippen molar-refractivity contribution in [3.05, 3.63) is 50.5 Å². The lowest BCUT2D eigenvalue weighted by atomic mass is 9.70. The molecule has 1 aromatic rings. The quantitative estimate of drug-likeness (QED) is 0.375. The van der Waals surface area contributed by atoms with Gasteiger partial charge in [0.25, 0.3) is 0 Å². The van der Waals surface area contributed by atoms with Gasteiger partial charge in [0, 0.05) is 22.3 Å². The number of Topliss-reactive ketones (excluding diaryl/α,β-unsaturated/α-hetero) is 1. The van der Waals surface area contributed by atoms with Gasteiger partial charge in [-0.05, 0) is 40.2 Å². The van der Waals surface area contributed by atoms with Crippen LogP contribution in [0.1, 0.15) is 105 Å². The molecule has 1 aromatic carbocycles. The number of allylic oxidation sites excluding steroid dienone is 2. The van der Waals surface area contributed by atoms with Gasteiger partial charge in [-0.25, -0.2) is 0 Å². The number of methoxy groups -OCH3 is 4. The monoisotopic (exact) mass is 540 g/mol. The zero-order chi connectivity index (χ0) is 30.5. The number of ketones is 1. The number of carbonyl (C=O) groups is 1. The Morgan fingerprint density at radius 2 is 0.872 bits per heavy atom. The van der Waals surface area contributed by atoms with E-state index in [1.807, 2.05) is 47.6 Å². The summed E-state index contributed by atoms with van der Waals surface area (Å²) < 4.78 is 24.4. The second-order valence-corrected chi connectivity index (χ2v) is 14.6. The van der Waals surface area contributed by atoms with E-state index in [1.165, 1.54) is 0 Å². The molecule has 0 unspecified atom stereocenters. The minimum Gasteiger partial charge on any atom is -0.496 e. The Balaban J connectivity index is 3.36. The summed E-state index contributed by atoms with van der Waals surface area (Å²) in [6, 6.07) is 0. The Morgan fingerprint density at radius 3 is 1.10 bits per heavy atom. The molecule has 1 aliphatic rings. The zero-order valence-electron chi connectivity index (χ0n) is 27.6. The van der Waals surface area contributed by atoms with Crippen molar-refractivity contribution in [2.45, 2.75) is 101 Å². The van der Waals surface area contributed by atoms with Crippen molar-refractivity contribution in [1.82, 2.24) is 0 Å². The summed E-state index contributed by atoms with van der Waals surface area (Å²) in [4.78, 5) is 14.1. The van der Waals surface area contributed by atoms with E-state index < -0.39 is 10.8 Å². The highest BCUT2D eigenvalue weighted by atomic mass is 16.5. The molecule has 0 fully saturated rings. The number of hydrogen-bond donors (Lipinski definition) is 0. The first-order chi connectivity index (χ1) is 17.6. The molecule has 0 N–H and O–H groups in total. The van der Waals surface area contributed by atoms with Gasteiger partial charge in [0.1, 0.15) is 23.0 Å². The van der Waals surface area contributed by atoms with E-state index >= 15 is 0 Å². The maximum absolute atomic E-state index is 14.1. The van der Waals surface area contributed by atoms with Crippen molar-refractivity contribution in [2.75, 3.05) is 28.4 Å². The fraction of sp³-hybridized carbons (Fsp3) is 0.618. The normalized spacial score (nSPS) is 15.6. The molecule has 2 rings (SSSR count). The van der Waals surface area contributed by atoms with E-state index in [1.54, 1.807) is 28.4 Å². The molecule has 5 heteroatoms. The van der Waals surface area contributed by atoms with Crippen molar-refractivity contribution in [3.63, 3.8) is 0 Å². The molecule has 1 aliphatic carbocycles. The minimum absolute atomic E-state index is 0.0468. The van der Waals surface area contributed by atoms with Gasteiger partial charge in [-0.2, -0.15) is 0 Å². The first kappa shape index (κ1) is 32.5. The second kappa shape index (κ2) is 10.7. The Hall–Kier alpha value is -2.69. The van der Waals surface area contributed by atoms with Crippen LogP contribution in [0.2, 0.25) is 0 Å². The molecule has 218 valence electrons. The molecule has 0 spiro atoms. The zero-order valence-corrected chi connectivity index (χ0v) is 27.6. The summed E-state index contributed by atoms with van der Waals surface area (Å²) in [6.45, 7) is 27.6. The standard InChI is InChI=1S/C34H52O5/c1-19-22(31(2,3)4)27(36-14)20(28(37-15)23(19)32(5,6)7)18-21-29(38-16)24(33(8,9)10)26(35)25(30(21)39-17)34(11,12)13/h18H,1-17H3. The Kier molecular flexibility index (Phi) is 8.93. The van der Waals surface area contributed by atoms with E-state index in [9.17, 15) is 4.79 Å². The molecule has 0 bridgehead atoms. The van der Waals surface area contributed by atoms with Crippen molar-refractivity contribution < 1.29 is 23.7 Å². The number of hydrogen-bond acceptors (Lipinski definition) is 5. The second-order valence-electron chi connectivity index (χ2n) is 14.6. The van der Waals surface area contributed by atoms with E-state index in [4.69, 9.17) is 18.9 Å². The summed E-state index contributed by atoms with van der Waals surface area (Å²) in [7, 11) is 6.63. The molecule has 0 aromatic heterocycles. The molecule has 0 amide bonds. The maximum atomic E-state index is 14.1. The summed E-state index contributed by atoms with van der Waals surface area (Å²) in [5.74, 6) is 2.47. The van der Waals surface area contributed by atoms with E-state index in [2.05, 4.69) is 48.5 Å². The first-order valence-electron chi connectivity index (χ1n) is 13.7. The minimum atomic E-state index is -0.466. The van der Waals surface area contributed by atoms with Crippen LogP contribution in [-0.4, -0.2) is 34.2 Å². The highest BCUT2D eigenvalue weighted by Gasteiger charge is 2.43. The van der Waals surface area contributed by atoms with E-state index in [-0.39, 0.29) is 16.6 Å². The van der Waals surface area contributed by atoms with Gasteiger partial charge in [0.05, 0.1) is 39.6 Å². The molecule has 5 nitrogen and oxygen atoms in total. The lowest BCUT2D eigenvalue weighted by molar-refractivity contribution is -0.114. The number of rotatable bonds is 5.